The van der Waals surface area contributed by atoms with E-state index in [2.05, 4.69) is 4.98 Å². The molecule has 0 spiro atoms. The van der Waals surface area contributed by atoms with Gasteiger partial charge in [-0.25, -0.2) is 9.37 Å². The second-order valence-electron chi connectivity index (χ2n) is 3.76. The molecule has 0 bridgehead atoms. The maximum absolute atomic E-state index is 13.3. The minimum absolute atomic E-state index is 0.141. The summed E-state index contributed by atoms with van der Waals surface area (Å²) in [5.41, 5.74) is 1.09. The molecule has 0 aliphatic carbocycles. The van der Waals surface area contributed by atoms with Gasteiger partial charge in [-0.1, -0.05) is 29.3 Å². The Morgan fingerprint density at radius 2 is 2.00 bits per heavy atom. The molecule has 18 heavy (non-hydrogen) atoms. The molecule has 2 aromatic rings. The molecule has 5 heteroatoms. The van der Waals surface area contributed by atoms with Gasteiger partial charge < -0.3 is 4.74 Å². The van der Waals surface area contributed by atoms with Crippen molar-refractivity contribution in [1.29, 1.82) is 0 Å². The first-order valence-corrected chi connectivity index (χ1v) is 6.02. The van der Waals surface area contributed by atoms with E-state index >= 15 is 0 Å². The van der Waals surface area contributed by atoms with Crippen molar-refractivity contribution in [3.63, 3.8) is 0 Å². The number of benzene rings is 1. The van der Waals surface area contributed by atoms with E-state index in [1.807, 2.05) is 0 Å². The van der Waals surface area contributed by atoms with Crippen LogP contribution >= 0.6 is 23.2 Å². The lowest BCUT2D eigenvalue weighted by molar-refractivity contribution is 0.300. The SMILES string of the molecule is Cc1ccc(OCc2nc(Cl)ccc2Cl)cc1F. The minimum Gasteiger partial charge on any atom is -0.487 e. The van der Waals surface area contributed by atoms with Crippen LogP contribution in [0.15, 0.2) is 30.3 Å². The number of pyridine rings is 1. The standard InChI is InChI=1S/C13H10Cl2FNO/c1-8-2-3-9(6-11(8)16)18-7-12-10(14)4-5-13(15)17-12/h2-6H,7H2,1H3. The summed E-state index contributed by atoms with van der Waals surface area (Å²) in [5.74, 6) is 0.119. The molecule has 94 valence electrons. The Hall–Kier alpha value is -1.32. The molecule has 0 fully saturated rings. The highest BCUT2D eigenvalue weighted by molar-refractivity contribution is 6.32. The number of hydrogen-bond donors (Lipinski definition) is 0. The molecule has 0 amide bonds. The topological polar surface area (TPSA) is 22.1 Å². The van der Waals surface area contributed by atoms with Gasteiger partial charge >= 0.3 is 0 Å². The lowest BCUT2D eigenvalue weighted by Crippen LogP contribution is -2.00. The van der Waals surface area contributed by atoms with Crippen LogP contribution in [0.1, 0.15) is 11.3 Å². The van der Waals surface area contributed by atoms with Gasteiger partial charge in [0.05, 0.1) is 10.7 Å². The van der Waals surface area contributed by atoms with E-state index in [1.165, 1.54) is 6.07 Å². The monoisotopic (exact) mass is 285 g/mol. The zero-order chi connectivity index (χ0) is 13.1. The number of nitrogens with zero attached hydrogens (tertiary/aromatic N) is 1. The molecule has 0 atom stereocenters. The average Bonchev–Trinajstić information content (AvgIpc) is 2.34. The summed E-state index contributed by atoms with van der Waals surface area (Å²) in [6.07, 6.45) is 0. The van der Waals surface area contributed by atoms with E-state index in [9.17, 15) is 4.39 Å². The van der Waals surface area contributed by atoms with Gasteiger partial charge in [0.15, 0.2) is 0 Å². The van der Waals surface area contributed by atoms with Crippen molar-refractivity contribution in [1.82, 2.24) is 4.98 Å². The van der Waals surface area contributed by atoms with Gasteiger partial charge in [-0.05, 0) is 30.7 Å². The van der Waals surface area contributed by atoms with Crippen molar-refractivity contribution in [2.75, 3.05) is 0 Å². The molecule has 0 aliphatic heterocycles. The highest BCUT2D eigenvalue weighted by Gasteiger charge is 2.05. The first-order valence-electron chi connectivity index (χ1n) is 5.26. The summed E-state index contributed by atoms with van der Waals surface area (Å²) in [5, 5.41) is 0.806. The van der Waals surface area contributed by atoms with Crippen LogP contribution in [0.5, 0.6) is 5.75 Å². The Kier molecular flexibility index (Phi) is 4.04. The highest BCUT2D eigenvalue weighted by atomic mass is 35.5. The van der Waals surface area contributed by atoms with Crippen LogP contribution in [-0.4, -0.2) is 4.98 Å². The fourth-order valence-corrected chi connectivity index (χ4v) is 1.70. The van der Waals surface area contributed by atoms with Gasteiger partial charge in [0, 0.05) is 6.07 Å². The van der Waals surface area contributed by atoms with E-state index in [4.69, 9.17) is 27.9 Å². The molecule has 2 nitrogen and oxygen atoms in total. The molecular formula is C13H10Cl2FNO. The molecule has 0 aliphatic rings. The van der Waals surface area contributed by atoms with Crippen molar-refractivity contribution in [3.8, 4) is 5.75 Å². The Morgan fingerprint density at radius 1 is 1.22 bits per heavy atom. The summed E-state index contributed by atoms with van der Waals surface area (Å²) in [4.78, 5) is 4.04. The van der Waals surface area contributed by atoms with Crippen molar-refractivity contribution >= 4 is 23.2 Å². The number of rotatable bonds is 3. The quantitative estimate of drug-likeness (QED) is 0.779. The second-order valence-corrected chi connectivity index (χ2v) is 4.56. The summed E-state index contributed by atoms with van der Waals surface area (Å²) in [7, 11) is 0. The minimum atomic E-state index is -0.308. The Labute approximate surface area is 114 Å². The molecule has 2 rings (SSSR count). The summed E-state index contributed by atoms with van der Waals surface area (Å²) < 4.78 is 18.7. The first-order chi connectivity index (χ1) is 8.56. The van der Waals surface area contributed by atoms with Crippen LogP contribution in [0.4, 0.5) is 4.39 Å². The third kappa shape index (κ3) is 3.12. The number of aryl methyl sites for hydroxylation is 1. The number of ether oxygens (including phenoxy) is 1. The van der Waals surface area contributed by atoms with E-state index < -0.39 is 0 Å². The molecule has 0 unspecified atom stereocenters. The normalized spacial score (nSPS) is 10.4. The van der Waals surface area contributed by atoms with Crippen LogP contribution in [0.25, 0.3) is 0 Å². The van der Waals surface area contributed by atoms with Crippen LogP contribution in [0.2, 0.25) is 10.2 Å². The van der Waals surface area contributed by atoms with E-state index in [-0.39, 0.29) is 12.4 Å². The third-order valence-corrected chi connectivity index (χ3v) is 2.96. The fourth-order valence-electron chi connectivity index (χ4n) is 1.37. The molecule has 0 saturated heterocycles. The lowest BCUT2D eigenvalue weighted by atomic mass is 10.2. The van der Waals surface area contributed by atoms with Gasteiger partial charge in [-0.15, -0.1) is 0 Å². The van der Waals surface area contributed by atoms with Crippen LogP contribution < -0.4 is 4.74 Å². The van der Waals surface area contributed by atoms with Gasteiger partial charge in [0.2, 0.25) is 0 Å². The van der Waals surface area contributed by atoms with Crippen LogP contribution in [0.3, 0.4) is 0 Å². The largest absolute Gasteiger partial charge is 0.487 e. The predicted molar refractivity (Wildman–Crippen MR) is 69.7 cm³/mol. The summed E-state index contributed by atoms with van der Waals surface area (Å²) in [6.45, 7) is 1.83. The highest BCUT2D eigenvalue weighted by Crippen LogP contribution is 2.20. The zero-order valence-corrected chi connectivity index (χ0v) is 11.1. The summed E-state index contributed by atoms with van der Waals surface area (Å²) in [6, 6.07) is 7.91. The molecule has 0 saturated carbocycles. The van der Waals surface area contributed by atoms with Gasteiger partial charge in [-0.2, -0.15) is 0 Å². The molecule has 0 N–H and O–H groups in total. The average molecular weight is 286 g/mol. The molecule has 0 radical (unpaired) electrons. The van der Waals surface area contributed by atoms with Crippen LogP contribution in [-0.2, 0) is 6.61 Å². The maximum atomic E-state index is 13.3. The van der Waals surface area contributed by atoms with E-state index in [1.54, 1.807) is 31.2 Å². The Morgan fingerprint density at radius 3 is 2.72 bits per heavy atom. The summed E-state index contributed by atoms with van der Waals surface area (Å²) >= 11 is 11.7. The zero-order valence-electron chi connectivity index (χ0n) is 9.58. The molecule has 1 aromatic heterocycles. The maximum Gasteiger partial charge on any atom is 0.132 e. The van der Waals surface area contributed by atoms with Crippen molar-refractivity contribution in [2.24, 2.45) is 0 Å². The number of halogens is 3. The smallest absolute Gasteiger partial charge is 0.132 e. The van der Waals surface area contributed by atoms with Gasteiger partial charge in [0.1, 0.15) is 23.3 Å². The Bertz CT molecular complexity index is 575. The van der Waals surface area contributed by atoms with Gasteiger partial charge in [0.25, 0.3) is 0 Å². The van der Waals surface area contributed by atoms with E-state index in [0.717, 1.165) is 0 Å². The second kappa shape index (κ2) is 5.55. The lowest BCUT2D eigenvalue weighted by Gasteiger charge is -2.08. The third-order valence-electron chi connectivity index (χ3n) is 2.40. The van der Waals surface area contributed by atoms with Crippen LogP contribution in [0, 0.1) is 12.7 Å². The predicted octanol–water partition coefficient (Wildman–Crippen LogP) is 4.41. The van der Waals surface area contributed by atoms with Gasteiger partial charge in [-0.3, -0.25) is 0 Å². The van der Waals surface area contributed by atoms with Crippen molar-refractivity contribution in [2.45, 2.75) is 13.5 Å². The Balaban J connectivity index is 2.11. The van der Waals surface area contributed by atoms with E-state index in [0.29, 0.717) is 27.2 Å². The van der Waals surface area contributed by atoms with Crippen molar-refractivity contribution < 1.29 is 9.13 Å². The number of aromatic nitrogens is 1. The molecule has 1 aromatic carbocycles. The first kappa shape index (κ1) is 13.1. The molecule has 1 heterocycles. The molecular weight excluding hydrogens is 276 g/mol. The van der Waals surface area contributed by atoms with Crippen molar-refractivity contribution in [3.05, 3.63) is 57.6 Å². The fraction of sp³-hybridized carbons (Fsp3) is 0.154. The number of hydrogen-bond acceptors (Lipinski definition) is 2.